The number of ether oxygens (including phenoxy) is 1. The van der Waals surface area contributed by atoms with Crippen molar-refractivity contribution in [2.24, 2.45) is 0 Å². The molecule has 5 rings (SSSR count). The Morgan fingerprint density at radius 2 is 1.73 bits per heavy atom. The third-order valence-electron chi connectivity index (χ3n) is 7.25. The van der Waals surface area contributed by atoms with Crippen molar-refractivity contribution in [1.82, 2.24) is 9.88 Å². The maximum absolute atomic E-state index is 9.77. The zero-order valence-corrected chi connectivity index (χ0v) is 24.8. The largest absolute Gasteiger partial charge is 0.486 e. The third kappa shape index (κ3) is 6.78. The molecule has 0 bridgehead atoms. The van der Waals surface area contributed by atoms with Crippen molar-refractivity contribution < 1.29 is 13.6 Å². The highest BCUT2D eigenvalue weighted by Gasteiger charge is 2.25. The average molecular weight is 604 g/mol. The van der Waals surface area contributed by atoms with Gasteiger partial charge >= 0.3 is 0 Å². The average Bonchev–Trinajstić information content (AvgIpc) is 3.60. The first kappa shape index (κ1) is 28.0. The molecule has 2 aromatic heterocycles. The van der Waals surface area contributed by atoms with E-state index in [2.05, 4.69) is 82.2 Å². The van der Waals surface area contributed by atoms with E-state index < -0.39 is 0 Å². The van der Waals surface area contributed by atoms with E-state index in [9.17, 15) is 5.26 Å². The fraction of sp³-hybridized carbons (Fsp3) is 0.375. The van der Waals surface area contributed by atoms with Crippen molar-refractivity contribution in [1.29, 1.82) is 5.26 Å². The molecule has 0 radical (unpaired) electrons. The summed E-state index contributed by atoms with van der Waals surface area (Å²) in [5.41, 5.74) is 2.88. The second kappa shape index (κ2) is 12.3. The highest BCUT2D eigenvalue weighted by atomic mass is 79.9. The van der Waals surface area contributed by atoms with Crippen LogP contribution in [0.1, 0.15) is 68.7 Å². The van der Waals surface area contributed by atoms with Crippen LogP contribution in [0.3, 0.4) is 0 Å². The van der Waals surface area contributed by atoms with Gasteiger partial charge in [0.15, 0.2) is 5.76 Å². The second-order valence-corrected chi connectivity index (χ2v) is 12.1. The minimum Gasteiger partial charge on any atom is -0.486 e. The lowest BCUT2D eigenvalue weighted by Gasteiger charge is -2.35. The van der Waals surface area contributed by atoms with Gasteiger partial charge < -0.3 is 18.9 Å². The summed E-state index contributed by atoms with van der Waals surface area (Å²) in [6.07, 6.45) is 3.65. The summed E-state index contributed by atoms with van der Waals surface area (Å²) in [5.74, 6) is 2.44. The van der Waals surface area contributed by atoms with Crippen LogP contribution >= 0.6 is 15.9 Å². The predicted molar refractivity (Wildman–Crippen MR) is 159 cm³/mol. The molecule has 1 aliphatic rings. The molecule has 1 saturated heterocycles. The van der Waals surface area contributed by atoms with Crippen molar-refractivity contribution in [2.45, 2.75) is 58.1 Å². The molecule has 1 fully saturated rings. The molecular weight excluding hydrogens is 568 g/mol. The summed E-state index contributed by atoms with van der Waals surface area (Å²) in [6.45, 7) is 9.66. The van der Waals surface area contributed by atoms with Crippen LogP contribution < -0.4 is 10.1 Å². The number of furan rings is 1. The quantitative estimate of drug-likeness (QED) is 0.207. The lowest BCUT2D eigenvalue weighted by atomic mass is 9.86. The van der Waals surface area contributed by atoms with E-state index in [4.69, 9.17) is 13.6 Å². The number of aromatic nitrogens is 1. The molecule has 208 valence electrons. The topological polar surface area (TPSA) is 87.5 Å². The summed E-state index contributed by atoms with van der Waals surface area (Å²) in [4.78, 5) is 6.92. The van der Waals surface area contributed by atoms with E-state index in [0.717, 1.165) is 23.3 Å². The predicted octanol–water partition coefficient (Wildman–Crippen LogP) is 8.08. The Bertz CT molecular complexity index is 1440. The first-order chi connectivity index (χ1) is 19.3. The van der Waals surface area contributed by atoms with E-state index in [0.29, 0.717) is 23.9 Å². The fourth-order valence-corrected chi connectivity index (χ4v) is 5.22. The minimum atomic E-state index is 0.103. The van der Waals surface area contributed by atoms with Gasteiger partial charge in [-0.2, -0.15) is 10.2 Å². The smallest absolute Gasteiger partial charge is 0.266 e. The van der Waals surface area contributed by atoms with Gasteiger partial charge in [-0.25, -0.2) is 0 Å². The van der Waals surface area contributed by atoms with Gasteiger partial charge in [0.05, 0.1) is 6.04 Å². The standard InChI is InChI=1S/C32H35BrN4O3/c1-32(2,3)23-9-7-22(8-10-23)28(37-17-5-4-6-18-37)20-35-30-27(19-34)36-31(40-30)29-16-15-26(39-29)21-38-25-13-11-24(33)12-14-25/h7-16,28,35H,4-6,17-18,20-21H2,1-3H3. The van der Waals surface area contributed by atoms with Crippen molar-refractivity contribution in [3.8, 4) is 23.5 Å². The Kier molecular flexibility index (Phi) is 8.63. The van der Waals surface area contributed by atoms with E-state index >= 15 is 0 Å². The SMILES string of the molecule is CC(C)(C)c1ccc(C(CNc2oc(-c3ccc(COc4ccc(Br)cc4)o3)nc2C#N)N2CCCCC2)cc1. The molecule has 0 amide bonds. The van der Waals surface area contributed by atoms with Crippen LogP contribution in [0, 0.1) is 11.3 Å². The Hall–Kier alpha value is -3.54. The zero-order valence-electron chi connectivity index (χ0n) is 23.2. The normalized spacial score (nSPS) is 15.0. The molecule has 8 heteroatoms. The molecule has 7 nitrogen and oxygen atoms in total. The molecule has 1 aliphatic heterocycles. The van der Waals surface area contributed by atoms with Crippen LogP contribution in [-0.2, 0) is 12.0 Å². The maximum atomic E-state index is 9.77. The molecule has 2 aromatic carbocycles. The molecule has 4 aromatic rings. The first-order valence-corrected chi connectivity index (χ1v) is 14.6. The van der Waals surface area contributed by atoms with Crippen molar-refractivity contribution in [3.63, 3.8) is 0 Å². The summed E-state index contributed by atoms with van der Waals surface area (Å²) in [6, 6.07) is 22.5. The van der Waals surface area contributed by atoms with Crippen molar-refractivity contribution >= 4 is 21.8 Å². The van der Waals surface area contributed by atoms with Gasteiger partial charge in [0, 0.05) is 11.0 Å². The lowest BCUT2D eigenvalue weighted by molar-refractivity contribution is 0.170. The molecule has 0 aliphatic carbocycles. The van der Waals surface area contributed by atoms with E-state index in [1.54, 1.807) is 6.07 Å². The molecule has 0 saturated carbocycles. The Morgan fingerprint density at radius 1 is 1.00 bits per heavy atom. The first-order valence-electron chi connectivity index (χ1n) is 13.8. The van der Waals surface area contributed by atoms with E-state index in [-0.39, 0.29) is 29.6 Å². The third-order valence-corrected chi connectivity index (χ3v) is 7.78. The number of nitrogens with zero attached hydrogens (tertiary/aromatic N) is 3. The maximum Gasteiger partial charge on any atom is 0.266 e. The van der Waals surface area contributed by atoms with Crippen LogP contribution in [0.2, 0.25) is 0 Å². The van der Waals surface area contributed by atoms with Crippen LogP contribution in [0.15, 0.2) is 74.0 Å². The number of nitriles is 1. The number of anilines is 1. The molecule has 0 spiro atoms. The number of likely N-dealkylation sites (tertiary alicyclic amines) is 1. The van der Waals surface area contributed by atoms with Crippen LogP contribution in [0.4, 0.5) is 5.88 Å². The van der Waals surface area contributed by atoms with E-state index in [1.807, 2.05) is 30.3 Å². The Balaban J connectivity index is 1.30. The monoisotopic (exact) mass is 602 g/mol. The zero-order chi connectivity index (χ0) is 28.1. The number of hydrogen-bond donors (Lipinski definition) is 1. The highest BCUT2D eigenvalue weighted by molar-refractivity contribution is 9.10. The number of piperidine rings is 1. The number of hydrogen-bond acceptors (Lipinski definition) is 7. The Morgan fingerprint density at radius 3 is 2.40 bits per heavy atom. The summed E-state index contributed by atoms with van der Waals surface area (Å²) in [7, 11) is 0. The minimum absolute atomic E-state index is 0.103. The molecule has 40 heavy (non-hydrogen) atoms. The molecular formula is C32H35BrN4O3. The number of halogens is 1. The second-order valence-electron chi connectivity index (χ2n) is 11.2. The molecule has 3 heterocycles. The van der Waals surface area contributed by atoms with Gasteiger partial charge in [-0.3, -0.25) is 4.90 Å². The van der Waals surface area contributed by atoms with Gasteiger partial charge in [0.25, 0.3) is 5.89 Å². The summed E-state index contributed by atoms with van der Waals surface area (Å²) < 4.78 is 18.7. The van der Waals surface area contributed by atoms with Gasteiger partial charge in [0.2, 0.25) is 11.6 Å². The molecule has 1 unspecified atom stereocenters. The number of nitrogens with one attached hydrogen (secondary N) is 1. The van der Waals surface area contributed by atoms with Gasteiger partial charge in [0.1, 0.15) is 24.2 Å². The lowest BCUT2D eigenvalue weighted by Crippen LogP contribution is -2.37. The van der Waals surface area contributed by atoms with Crippen LogP contribution in [0.25, 0.3) is 11.7 Å². The summed E-state index contributed by atoms with van der Waals surface area (Å²) in [5, 5.41) is 13.2. The molecule has 1 N–H and O–H groups in total. The molecule has 1 atom stereocenters. The Labute approximate surface area is 244 Å². The van der Waals surface area contributed by atoms with Gasteiger partial charge in [-0.05, 0) is 78.9 Å². The van der Waals surface area contributed by atoms with Crippen molar-refractivity contribution in [2.75, 3.05) is 25.0 Å². The van der Waals surface area contributed by atoms with E-state index in [1.165, 1.54) is 30.4 Å². The van der Waals surface area contributed by atoms with Crippen LogP contribution in [-0.4, -0.2) is 29.5 Å². The van der Waals surface area contributed by atoms with Crippen LogP contribution in [0.5, 0.6) is 5.75 Å². The summed E-state index contributed by atoms with van der Waals surface area (Å²) >= 11 is 3.42. The van der Waals surface area contributed by atoms with Gasteiger partial charge in [-0.15, -0.1) is 0 Å². The van der Waals surface area contributed by atoms with Crippen molar-refractivity contribution in [3.05, 3.63) is 87.7 Å². The highest BCUT2D eigenvalue weighted by Crippen LogP contribution is 2.31. The van der Waals surface area contributed by atoms with Gasteiger partial charge in [-0.1, -0.05) is 67.4 Å². The number of oxazole rings is 1. The number of benzene rings is 2. The number of rotatable bonds is 9. The fourth-order valence-electron chi connectivity index (χ4n) is 4.96.